The lowest BCUT2D eigenvalue weighted by atomic mass is 10.1. The first-order valence-electron chi connectivity index (χ1n) is 8.49. The summed E-state index contributed by atoms with van der Waals surface area (Å²) in [5, 5.41) is 12.5. The Kier molecular flexibility index (Phi) is 4.77. The summed E-state index contributed by atoms with van der Waals surface area (Å²) in [7, 11) is 0. The molecule has 6 nitrogen and oxygen atoms in total. The van der Waals surface area contributed by atoms with Crippen molar-refractivity contribution in [1.82, 2.24) is 25.4 Å². The Morgan fingerprint density at radius 1 is 1.35 bits per heavy atom. The van der Waals surface area contributed by atoms with Crippen LogP contribution in [0.15, 0.2) is 41.8 Å². The van der Waals surface area contributed by atoms with E-state index in [0.29, 0.717) is 11.5 Å². The van der Waals surface area contributed by atoms with Crippen molar-refractivity contribution in [2.24, 2.45) is 0 Å². The predicted octanol–water partition coefficient (Wildman–Crippen LogP) is 2.62. The van der Waals surface area contributed by atoms with E-state index in [4.69, 9.17) is 0 Å². The second-order valence-corrected chi connectivity index (χ2v) is 7.09. The number of amides is 1. The molecule has 26 heavy (non-hydrogen) atoms. The molecular weight excluding hydrogens is 353 g/mol. The molecule has 4 rings (SSSR count). The van der Waals surface area contributed by atoms with Crippen molar-refractivity contribution in [2.75, 3.05) is 13.1 Å². The van der Waals surface area contributed by atoms with E-state index in [1.807, 2.05) is 17.5 Å². The van der Waals surface area contributed by atoms with Gasteiger partial charge in [-0.2, -0.15) is 0 Å². The third kappa shape index (κ3) is 3.51. The van der Waals surface area contributed by atoms with Gasteiger partial charge in [0, 0.05) is 12.6 Å². The summed E-state index contributed by atoms with van der Waals surface area (Å²) in [6.45, 7) is 1.72. The van der Waals surface area contributed by atoms with Gasteiger partial charge in [0.15, 0.2) is 5.82 Å². The quantitative estimate of drug-likeness (QED) is 0.740. The van der Waals surface area contributed by atoms with Gasteiger partial charge in [-0.25, -0.2) is 14.1 Å². The second kappa shape index (κ2) is 7.35. The Morgan fingerprint density at radius 3 is 3.00 bits per heavy atom. The Balaban J connectivity index is 1.68. The molecule has 134 valence electrons. The highest BCUT2D eigenvalue weighted by molar-refractivity contribution is 7.13. The number of benzene rings is 1. The van der Waals surface area contributed by atoms with Crippen LogP contribution in [0, 0.1) is 5.82 Å². The molecule has 2 N–H and O–H groups in total. The van der Waals surface area contributed by atoms with Crippen LogP contribution >= 0.6 is 11.3 Å². The minimum Gasteiger partial charge on any atom is -0.345 e. The molecule has 8 heteroatoms. The van der Waals surface area contributed by atoms with Gasteiger partial charge < -0.3 is 10.6 Å². The van der Waals surface area contributed by atoms with Gasteiger partial charge >= 0.3 is 0 Å². The van der Waals surface area contributed by atoms with Crippen LogP contribution < -0.4 is 10.6 Å². The van der Waals surface area contributed by atoms with E-state index >= 15 is 0 Å². The third-order valence-electron chi connectivity index (χ3n) is 4.24. The maximum Gasteiger partial charge on any atom is 0.291 e. The van der Waals surface area contributed by atoms with Gasteiger partial charge in [-0.1, -0.05) is 12.1 Å². The van der Waals surface area contributed by atoms with Crippen molar-refractivity contribution in [3.8, 4) is 16.4 Å². The topological polar surface area (TPSA) is 71.8 Å². The monoisotopic (exact) mass is 371 g/mol. The number of thiophene rings is 1. The van der Waals surface area contributed by atoms with Crippen molar-refractivity contribution in [3.05, 3.63) is 53.4 Å². The average molecular weight is 371 g/mol. The first-order valence-corrected chi connectivity index (χ1v) is 9.37. The van der Waals surface area contributed by atoms with E-state index in [2.05, 4.69) is 20.7 Å². The highest BCUT2D eigenvalue weighted by atomic mass is 32.1. The first-order chi connectivity index (χ1) is 12.7. The maximum absolute atomic E-state index is 13.7. The number of nitrogens with one attached hydrogen (secondary N) is 2. The summed E-state index contributed by atoms with van der Waals surface area (Å²) in [5.41, 5.74) is 0.527. The number of nitrogens with zero attached hydrogens (tertiary/aromatic N) is 3. The molecule has 1 amide bonds. The zero-order valence-corrected chi connectivity index (χ0v) is 14.8. The number of aromatic nitrogens is 3. The van der Waals surface area contributed by atoms with Gasteiger partial charge in [-0.15, -0.1) is 16.4 Å². The molecule has 2 aromatic heterocycles. The van der Waals surface area contributed by atoms with Gasteiger partial charge in [0.05, 0.1) is 10.6 Å². The lowest BCUT2D eigenvalue weighted by molar-refractivity contribution is 0.0920. The van der Waals surface area contributed by atoms with Crippen molar-refractivity contribution < 1.29 is 9.18 Å². The van der Waals surface area contributed by atoms with Crippen LogP contribution in [-0.2, 0) is 0 Å². The Labute approximate surface area is 154 Å². The molecular formula is C18H18FN5OS. The zero-order chi connectivity index (χ0) is 17.9. The van der Waals surface area contributed by atoms with Crippen LogP contribution in [0.2, 0.25) is 0 Å². The van der Waals surface area contributed by atoms with Gasteiger partial charge in [0.1, 0.15) is 5.82 Å². The van der Waals surface area contributed by atoms with Crippen LogP contribution in [-0.4, -0.2) is 39.8 Å². The summed E-state index contributed by atoms with van der Waals surface area (Å²) in [6.07, 6.45) is 1.96. The average Bonchev–Trinajstić information content (AvgIpc) is 3.32. The largest absolute Gasteiger partial charge is 0.345 e. The molecule has 1 aliphatic heterocycles. The fourth-order valence-electron chi connectivity index (χ4n) is 2.99. The summed E-state index contributed by atoms with van der Waals surface area (Å²) in [6, 6.07) is 9.96. The molecule has 3 aromatic rings. The van der Waals surface area contributed by atoms with Crippen molar-refractivity contribution in [1.29, 1.82) is 0 Å². The standard InChI is InChI=1S/C18H18FN5OS/c19-12-4-1-6-14(10-12)24-17(15-7-3-9-26-15)22-16(23-24)18(25)21-13-5-2-8-20-11-13/h1,3-4,6-7,9-10,13,20H,2,5,8,11H2,(H,21,25). The van der Waals surface area contributed by atoms with Crippen molar-refractivity contribution >= 4 is 17.2 Å². The van der Waals surface area contributed by atoms with E-state index in [0.717, 1.165) is 30.8 Å². The van der Waals surface area contributed by atoms with E-state index < -0.39 is 0 Å². The fraction of sp³-hybridized carbons (Fsp3) is 0.278. The fourth-order valence-corrected chi connectivity index (χ4v) is 3.68. The van der Waals surface area contributed by atoms with Crippen LogP contribution in [0.25, 0.3) is 16.4 Å². The molecule has 3 heterocycles. The Morgan fingerprint density at radius 2 is 2.27 bits per heavy atom. The minimum atomic E-state index is -0.366. The third-order valence-corrected chi connectivity index (χ3v) is 5.10. The molecule has 1 atom stereocenters. The molecule has 1 fully saturated rings. The van der Waals surface area contributed by atoms with Crippen molar-refractivity contribution in [2.45, 2.75) is 18.9 Å². The van der Waals surface area contributed by atoms with E-state index in [1.54, 1.807) is 12.1 Å². The Hall–Kier alpha value is -2.58. The number of hydrogen-bond donors (Lipinski definition) is 2. The van der Waals surface area contributed by atoms with Gasteiger partial charge in [0.2, 0.25) is 5.82 Å². The van der Waals surface area contributed by atoms with Gasteiger partial charge in [-0.3, -0.25) is 4.79 Å². The molecule has 1 saturated heterocycles. The van der Waals surface area contributed by atoms with Crippen LogP contribution in [0.3, 0.4) is 0 Å². The normalized spacial score (nSPS) is 17.2. The van der Waals surface area contributed by atoms with Crippen molar-refractivity contribution in [3.63, 3.8) is 0 Å². The minimum absolute atomic E-state index is 0.0718. The van der Waals surface area contributed by atoms with Gasteiger partial charge in [-0.05, 0) is 49.0 Å². The SMILES string of the molecule is O=C(NC1CCCNC1)c1nc(-c2cccs2)n(-c2cccc(F)c2)n1. The lowest BCUT2D eigenvalue weighted by Gasteiger charge is -2.23. The molecule has 0 saturated carbocycles. The highest BCUT2D eigenvalue weighted by Crippen LogP contribution is 2.25. The Bertz CT molecular complexity index is 902. The highest BCUT2D eigenvalue weighted by Gasteiger charge is 2.22. The second-order valence-electron chi connectivity index (χ2n) is 6.14. The van der Waals surface area contributed by atoms with Crippen LogP contribution in [0.1, 0.15) is 23.5 Å². The number of carbonyl (C=O) groups excluding carboxylic acids is 1. The van der Waals surface area contributed by atoms with E-state index in [9.17, 15) is 9.18 Å². The summed E-state index contributed by atoms with van der Waals surface area (Å²) in [4.78, 5) is 17.9. The number of hydrogen-bond acceptors (Lipinski definition) is 5. The number of piperidine rings is 1. The smallest absolute Gasteiger partial charge is 0.291 e. The zero-order valence-electron chi connectivity index (χ0n) is 14.0. The van der Waals surface area contributed by atoms with E-state index in [-0.39, 0.29) is 23.6 Å². The summed E-state index contributed by atoms with van der Waals surface area (Å²) < 4.78 is 15.2. The molecule has 1 aromatic carbocycles. The van der Waals surface area contributed by atoms with Gasteiger partial charge in [0.25, 0.3) is 5.91 Å². The molecule has 0 spiro atoms. The lowest BCUT2D eigenvalue weighted by Crippen LogP contribution is -2.45. The number of halogens is 1. The van der Waals surface area contributed by atoms with E-state index in [1.165, 1.54) is 28.2 Å². The van der Waals surface area contributed by atoms with Crippen LogP contribution in [0.5, 0.6) is 0 Å². The molecule has 0 aliphatic carbocycles. The molecule has 0 bridgehead atoms. The maximum atomic E-state index is 13.7. The first kappa shape index (κ1) is 16.9. The molecule has 1 aliphatic rings. The van der Waals surface area contributed by atoms with Crippen LogP contribution in [0.4, 0.5) is 4.39 Å². The molecule has 1 unspecified atom stereocenters. The summed E-state index contributed by atoms with van der Waals surface area (Å²) in [5.74, 6) is -0.0678. The number of rotatable bonds is 4. The summed E-state index contributed by atoms with van der Waals surface area (Å²) >= 11 is 1.49. The predicted molar refractivity (Wildman–Crippen MR) is 98.0 cm³/mol. The molecule has 0 radical (unpaired) electrons. The number of carbonyl (C=O) groups is 1.